The van der Waals surface area contributed by atoms with E-state index in [0.29, 0.717) is 23.5 Å². The first-order valence-electron chi connectivity index (χ1n) is 8.63. The van der Waals surface area contributed by atoms with Gasteiger partial charge in [0.25, 0.3) is 5.91 Å². The first-order valence-corrected chi connectivity index (χ1v) is 11.7. The Labute approximate surface area is 181 Å². The van der Waals surface area contributed by atoms with E-state index in [-0.39, 0.29) is 4.90 Å². The molecule has 0 saturated heterocycles. The fourth-order valence-corrected chi connectivity index (χ4v) is 5.17. The van der Waals surface area contributed by atoms with Gasteiger partial charge in [-0.3, -0.25) is 4.79 Å². The third kappa shape index (κ3) is 4.67. The van der Waals surface area contributed by atoms with E-state index < -0.39 is 15.9 Å². The number of methoxy groups -OCH3 is 1. The van der Waals surface area contributed by atoms with Gasteiger partial charge in [-0.05, 0) is 42.5 Å². The van der Waals surface area contributed by atoms with E-state index in [1.54, 1.807) is 7.11 Å². The van der Waals surface area contributed by atoms with Crippen molar-refractivity contribution in [1.82, 2.24) is 8.87 Å². The summed E-state index contributed by atoms with van der Waals surface area (Å²) in [6.07, 6.45) is 0. The minimum atomic E-state index is -3.55. The second-order valence-corrected chi connectivity index (χ2v) is 10.4. The number of thiazole rings is 1. The molecule has 29 heavy (non-hydrogen) atoms. The SMILES string of the molecule is COCCn1c(=NC(=O)c2ccc(S(=O)(=O)N(C)C)cc2)sc2cc(Br)ccc21. The van der Waals surface area contributed by atoms with Gasteiger partial charge in [-0.1, -0.05) is 27.3 Å². The van der Waals surface area contributed by atoms with Gasteiger partial charge in [0.2, 0.25) is 10.0 Å². The van der Waals surface area contributed by atoms with Gasteiger partial charge in [0, 0.05) is 37.8 Å². The van der Waals surface area contributed by atoms with Crippen molar-refractivity contribution in [2.24, 2.45) is 4.99 Å². The van der Waals surface area contributed by atoms with Crippen molar-refractivity contribution >= 4 is 53.4 Å². The highest BCUT2D eigenvalue weighted by Crippen LogP contribution is 2.22. The van der Waals surface area contributed by atoms with Gasteiger partial charge in [-0.25, -0.2) is 12.7 Å². The molecule has 0 atom stereocenters. The van der Waals surface area contributed by atoms with Gasteiger partial charge in [-0.2, -0.15) is 4.99 Å². The number of carbonyl (C=O) groups is 1. The lowest BCUT2D eigenvalue weighted by Crippen LogP contribution is -2.22. The molecule has 0 fully saturated rings. The average molecular weight is 498 g/mol. The molecular weight excluding hydrogens is 478 g/mol. The lowest BCUT2D eigenvalue weighted by Gasteiger charge is -2.11. The van der Waals surface area contributed by atoms with E-state index >= 15 is 0 Å². The predicted octanol–water partition coefficient (Wildman–Crippen LogP) is 3.10. The minimum absolute atomic E-state index is 0.126. The number of hydrogen-bond acceptors (Lipinski definition) is 5. The maximum atomic E-state index is 12.7. The molecule has 0 aliphatic carbocycles. The number of aromatic nitrogens is 1. The summed E-state index contributed by atoms with van der Waals surface area (Å²) in [4.78, 5) is 17.7. The van der Waals surface area contributed by atoms with Crippen molar-refractivity contribution in [2.45, 2.75) is 11.4 Å². The van der Waals surface area contributed by atoms with Crippen LogP contribution in [0.3, 0.4) is 0 Å². The summed E-state index contributed by atoms with van der Waals surface area (Å²) < 4.78 is 34.5. The Morgan fingerprint density at radius 1 is 1.21 bits per heavy atom. The standard InChI is InChI=1S/C19H20BrN3O4S2/c1-22(2)29(25,26)15-7-4-13(5-8-15)18(24)21-19-23(10-11-27-3)16-9-6-14(20)12-17(16)28-19/h4-9,12H,10-11H2,1-3H3. The summed E-state index contributed by atoms with van der Waals surface area (Å²) in [5.41, 5.74) is 1.29. The molecule has 0 radical (unpaired) electrons. The van der Waals surface area contributed by atoms with E-state index in [0.717, 1.165) is 19.0 Å². The highest BCUT2D eigenvalue weighted by molar-refractivity contribution is 9.10. The van der Waals surface area contributed by atoms with Crippen molar-refractivity contribution < 1.29 is 17.9 Å². The average Bonchev–Trinajstić information content (AvgIpc) is 3.02. The quantitative estimate of drug-likeness (QED) is 0.523. The first-order chi connectivity index (χ1) is 13.7. The van der Waals surface area contributed by atoms with Crippen LogP contribution in [0.1, 0.15) is 10.4 Å². The van der Waals surface area contributed by atoms with Gasteiger partial charge in [0.15, 0.2) is 4.80 Å². The maximum Gasteiger partial charge on any atom is 0.279 e. The number of amides is 1. The normalized spacial score (nSPS) is 12.8. The molecule has 2 aromatic carbocycles. The smallest absolute Gasteiger partial charge is 0.279 e. The Kier molecular flexibility index (Phi) is 6.69. The topological polar surface area (TPSA) is 81.0 Å². The summed E-state index contributed by atoms with van der Waals surface area (Å²) in [6, 6.07) is 11.7. The Bertz CT molecular complexity index is 1210. The molecule has 3 aromatic rings. The van der Waals surface area contributed by atoms with Crippen LogP contribution in [0, 0.1) is 0 Å². The third-order valence-electron chi connectivity index (χ3n) is 4.24. The number of carbonyl (C=O) groups excluding carboxylic acids is 1. The van der Waals surface area contributed by atoms with Crippen molar-refractivity contribution in [3.8, 4) is 0 Å². The molecule has 0 N–H and O–H groups in total. The van der Waals surface area contributed by atoms with Crippen LogP contribution in [-0.4, -0.2) is 51.0 Å². The van der Waals surface area contributed by atoms with E-state index in [2.05, 4.69) is 20.9 Å². The summed E-state index contributed by atoms with van der Waals surface area (Å²) in [6.45, 7) is 1.05. The van der Waals surface area contributed by atoms with Crippen LogP contribution >= 0.6 is 27.3 Å². The van der Waals surface area contributed by atoms with E-state index in [1.165, 1.54) is 49.7 Å². The van der Waals surface area contributed by atoms with Gasteiger partial charge in [0.1, 0.15) is 0 Å². The Balaban J connectivity index is 2.01. The number of hydrogen-bond donors (Lipinski definition) is 0. The number of ether oxygens (including phenoxy) is 1. The second kappa shape index (κ2) is 8.88. The van der Waals surface area contributed by atoms with E-state index in [9.17, 15) is 13.2 Å². The summed E-state index contributed by atoms with van der Waals surface area (Å²) in [5.74, 6) is -0.435. The van der Waals surface area contributed by atoms with Crippen molar-refractivity contribution in [2.75, 3.05) is 27.8 Å². The largest absolute Gasteiger partial charge is 0.383 e. The molecule has 0 bridgehead atoms. The van der Waals surface area contributed by atoms with Gasteiger partial charge in [0.05, 0.1) is 21.7 Å². The molecule has 1 amide bonds. The fourth-order valence-electron chi connectivity index (χ4n) is 2.66. The zero-order valence-corrected chi connectivity index (χ0v) is 19.3. The molecule has 1 heterocycles. The molecule has 3 rings (SSSR count). The molecule has 0 spiro atoms. The van der Waals surface area contributed by atoms with Gasteiger partial charge < -0.3 is 9.30 Å². The minimum Gasteiger partial charge on any atom is -0.383 e. The fraction of sp³-hybridized carbons (Fsp3) is 0.263. The highest BCUT2D eigenvalue weighted by Gasteiger charge is 2.17. The maximum absolute atomic E-state index is 12.7. The van der Waals surface area contributed by atoms with Crippen LogP contribution < -0.4 is 4.80 Å². The number of sulfonamides is 1. The summed E-state index contributed by atoms with van der Waals surface area (Å²) >= 11 is 4.87. The molecule has 10 heteroatoms. The van der Waals surface area contributed by atoms with Crippen LogP contribution in [0.25, 0.3) is 10.2 Å². The van der Waals surface area contributed by atoms with Crippen molar-refractivity contribution in [3.05, 3.63) is 57.3 Å². The predicted molar refractivity (Wildman–Crippen MR) is 117 cm³/mol. The molecule has 0 unspecified atom stereocenters. The monoisotopic (exact) mass is 497 g/mol. The van der Waals surface area contributed by atoms with Gasteiger partial charge in [-0.15, -0.1) is 0 Å². The van der Waals surface area contributed by atoms with Crippen molar-refractivity contribution in [3.63, 3.8) is 0 Å². The Morgan fingerprint density at radius 2 is 1.90 bits per heavy atom. The van der Waals surface area contributed by atoms with E-state index in [1.807, 2.05) is 22.8 Å². The molecule has 0 aliphatic rings. The molecule has 1 aromatic heterocycles. The number of rotatable bonds is 6. The zero-order chi connectivity index (χ0) is 21.2. The lowest BCUT2D eigenvalue weighted by molar-refractivity contribution is 0.0997. The van der Waals surface area contributed by atoms with Crippen LogP contribution in [0.4, 0.5) is 0 Å². The highest BCUT2D eigenvalue weighted by atomic mass is 79.9. The van der Waals surface area contributed by atoms with Gasteiger partial charge >= 0.3 is 0 Å². The Morgan fingerprint density at radius 3 is 2.52 bits per heavy atom. The molecule has 0 saturated carbocycles. The molecule has 0 aliphatic heterocycles. The second-order valence-electron chi connectivity index (χ2n) is 6.37. The molecule has 154 valence electrons. The molecular formula is C19H20BrN3O4S2. The summed E-state index contributed by atoms with van der Waals surface area (Å²) in [5, 5.41) is 0. The number of benzene rings is 2. The van der Waals surface area contributed by atoms with E-state index in [4.69, 9.17) is 4.74 Å². The van der Waals surface area contributed by atoms with Crippen LogP contribution in [0.5, 0.6) is 0 Å². The Hall–Kier alpha value is -1.85. The number of halogens is 1. The van der Waals surface area contributed by atoms with Crippen LogP contribution in [0.15, 0.2) is 56.8 Å². The summed E-state index contributed by atoms with van der Waals surface area (Å²) in [7, 11) is 0.998. The van der Waals surface area contributed by atoms with Crippen molar-refractivity contribution in [1.29, 1.82) is 0 Å². The number of nitrogens with zero attached hydrogens (tertiary/aromatic N) is 3. The molecule has 7 nitrogen and oxygen atoms in total. The van der Waals surface area contributed by atoms with Crippen LogP contribution in [-0.2, 0) is 21.3 Å². The number of fused-ring (bicyclic) bond motifs is 1. The zero-order valence-electron chi connectivity index (χ0n) is 16.1. The first kappa shape index (κ1) is 21.8. The third-order valence-corrected chi connectivity index (χ3v) is 7.60. The lowest BCUT2D eigenvalue weighted by atomic mass is 10.2. The van der Waals surface area contributed by atoms with Crippen LogP contribution in [0.2, 0.25) is 0 Å².